The molecule has 8 N–H and O–H groups in total. The molecule has 8 saturated heterocycles. The number of benzene rings is 8. The van der Waals surface area contributed by atoms with Gasteiger partial charge < -0.3 is 80.2 Å². The van der Waals surface area contributed by atoms with E-state index >= 15 is 0 Å². The van der Waals surface area contributed by atoms with E-state index in [9.17, 15) is 78.0 Å². The number of thioether (sulfide) groups is 4. The first kappa shape index (κ1) is 83.0. The standard InChI is InChI=1S/4C21H22N2O5S/c4*1-4-28-13-10-9-11-7-5-6-8-12(11)14(13)17(24)22-15-18(25)23-16(20(26)27)21(2,3)29-19(15)23/h4*5-10,15-16,19H,4H2,1-3H3,(H,22,24)(H,26,27)/t4*15-,16+,19-/m1111/s1. The predicted molar refractivity (Wildman–Crippen MR) is 440 cm³/mol. The number of nitrogens with one attached hydrogen (secondary N) is 4. The third-order valence-electron chi connectivity index (χ3n) is 21.5. The zero-order valence-electron chi connectivity index (χ0n) is 65.4. The fourth-order valence-electron chi connectivity index (χ4n) is 16.5. The van der Waals surface area contributed by atoms with Crippen LogP contribution < -0.4 is 40.2 Å². The van der Waals surface area contributed by atoms with E-state index in [1.807, 2.05) is 149 Å². The highest BCUT2D eigenvalue weighted by atomic mass is 32.2. The number of hydrogen-bond donors (Lipinski definition) is 8. The van der Waals surface area contributed by atoms with Crippen molar-refractivity contribution in [2.45, 2.75) is 172 Å². The molecule has 0 spiro atoms. The lowest BCUT2D eigenvalue weighted by Gasteiger charge is -2.43. The maximum atomic E-state index is 13.2. The summed E-state index contributed by atoms with van der Waals surface area (Å²) in [6.07, 6.45) is 0. The fourth-order valence-corrected chi connectivity index (χ4v) is 23.0. The van der Waals surface area contributed by atoms with Gasteiger partial charge in [0.1, 0.15) is 92.8 Å². The molecule has 0 unspecified atom stereocenters. The highest BCUT2D eigenvalue weighted by Crippen LogP contribution is 2.55. The summed E-state index contributed by atoms with van der Waals surface area (Å²) in [6, 6.07) is 37.8. The number of fused-ring (bicyclic) bond motifs is 8. The Balaban J connectivity index is 0.000000135. The van der Waals surface area contributed by atoms with Crippen LogP contribution in [0.25, 0.3) is 43.1 Å². The molecule has 8 aliphatic rings. The number of nitrogens with zero attached hydrogens (tertiary/aromatic N) is 4. The van der Waals surface area contributed by atoms with Crippen molar-refractivity contribution in [1.82, 2.24) is 40.9 Å². The predicted octanol–water partition coefficient (Wildman–Crippen LogP) is 9.94. The summed E-state index contributed by atoms with van der Waals surface area (Å²) in [7, 11) is 0. The van der Waals surface area contributed by atoms with Crippen molar-refractivity contribution in [3.63, 3.8) is 0 Å². The van der Waals surface area contributed by atoms with Gasteiger partial charge in [-0.05, 0) is 150 Å². The summed E-state index contributed by atoms with van der Waals surface area (Å²) >= 11 is 5.60. The van der Waals surface area contributed by atoms with Gasteiger partial charge in [-0.3, -0.25) is 38.4 Å². The highest BCUT2D eigenvalue weighted by molar-refractivity contribution is 8.02. The molecule has 16 rings (SSSR count). The maximum absolute atomic E-state index is 13.2. The number of carbonyl (C=O) groups is 12. The number of β-lactam (4-membered cyclic amide) rings is 4. The second kappa shape index (κ2) is 32.3. The van der Waals surface area contributed by atoms with Crippen LogP contribution in [-0.4, -0.2) is 226 Å². The zero-order chi connectivity index (χ0) is 83.7. The molecule has 0 aromatic heterocycles. The van der Waals surface area contributed by atoms with Crippen LogP contribution in [0.2, 0.25) is 0 Å². The van der Waals surface area contributed by atoms with E-state index in [-0.39, 0.29) is 23.6 Å². The van der Waals surface area contributed by atoms with Gasteiger partial charge in [0, 0.05) is 19.0 Å². The summed E-state index contributed by atoms with van der Waals surface area (Å²) in [5.41, 5.74) is 1.53. The maximum Gasteiger partial charge on any atom is 0.327 e. The Morgan fingerprint density at radius 1 is 0.310 bits per heavy atom. The van der Waals surface area contributed by atoms with E-state index in [1.165, 1.54) is 66.6 Å². The minimum atomic E-state index is -1.03. The largest absolute Gasteiger partial charge is 0.493 e. The monoisotopic (exact) mass is 1660 g/mol. The Hall–Kier alpha value is -11.0. The van der Waals surface area contributed by atoms with E-state index in [0.717, 1.165) is 43.1 Å². The van der Waals surface area contributed by atoms with Gasteiger partial charge in [0.15, 0.2) is 0 Å². The second-order valence-corrected chi connectivity index (χ2v) is 37.7. The van der Waals surface area contributed by atoms with Gasteiger partial charge in [-0.25, -0.2) is 19.2 Å². The number of rotatable bonds is 20. The van der Waals surface area contributed by atoms with Crippen LogP contribution in [0.4, 0.5) is 0 Å². The van der Waals surface area contributed by atoms with Crippen LogP contribution >= 0.6 is 47.0 Å². The van der Waals surface area contributed by atoms with Gasteiger partial charge in [0.25, 0.3) is 23.6 Å². The van der Waals surface area contributed by atoms with Crippen molar-refractivity contribution in [2.24, 2.45) is 0 Å². The number of ether oxygens (including phenoxy) is 4. The summed E-state index contributed by atoms with van der Waals surface area (Å²) in [6.45, 7) is 23.4. The van der Waals surface area contributed by atoms with Crippen LogP contribution in [-0.2, 0) is 38.4 Å². The third kappa shape index (κ3) is 14.8. The van der Waals surface area contributed by atoms with E-state index < -0.39 is 136 Å². The Labute approximate surface area is 684 Å². The minimum absolute atomic E-state index is 0.368. The number of carbonyl (C=O) groups excluding carboxylic acids is 8. The van der Waals surface area contributed by atoms with Crippen molar-refractivity contribution in [3.05, 3.63) is 168 Å². The van der Waals surface area contributed by atoms with Gasteiger partial charge in [-0.15, -0.1) is 47.0 Å². The lowest BCUT2D eigenvalue weighted by molar-refractivity contribution is -0.159. The molecule has 0 radical (unpaired) electrons. The van der Waals surface area contributed by atoms with Gasteiger partial charge >= 0.3 is 23.9 Å². The number of amides is 8. The summed E-state index contributed by atoms with van der Waals surface area (Å²) in [5.74, 6) is -5.39. The SMILES string of the molecule is CCOc1ccc2ccccc2c1C(=O)N[C@@H]1C(=O)N2[C@@H]1SC(C)(C)[C@@H]2C(=O)O.CCOc1ccc2ccccc2c1C(=O)N[C@@H]1C(=O)N2[C@@H]1SC(C)(C)[C@@H]2C(=O)O.CCOc1ccc2ccccc2c1C(=O)N[C@@H]1C(=O)N2[C@@H]1SC(C)(C)[C@@H]2C(=O)O.CCOc1ccc2ccccc2c1C(=O)N[C@@H]1C(=O)N2[C@@H]1SC(C)(C)[C@@H]2C(=O)O. The molecule has 8 heterocycles. The average molecular weight is 1660 g/mol. The summed E-state index contributed by atoms with van der Waals surface area (Å²) in [4.78, 5) is 156. The Kier molecular flexibility index (Phi) is 23.1. The third-order valence-corrected chi connectivity index (χ3v) is 27.8. The molecule has 32 heteroatoms. The van der Waals surface area contributed by atoms with Gasteiger partial charge in [-0.2, -0.15) is 0 Å². The Bertz CT molecular complexity index is 4740. The minimum Gasteiger partial charge on any atom is -0.493 e. The molecule has 8 aliphatic heterocycles. The summed E-state index contributed by atoms with van der Waals surface area (Å²) < 4.78 is 20.1. The molecule has 608 valence electrons. The molecule has 12 atom stereocenters. The second-order valence-electron chi connectivity index (χ2n) is 30.6. The molecular weight excluding hydrogens is 1570 g/mol. The number of carboxylic acid groups (broad SMARTS) is 4. The fraction of sp³-hybridized carbons (Fsp3) is 0.381. The molecular formula is C84H88N8O20S4. The van der Waals surface area contributed by atoms with E-state index in [2.05, 4.69) is 21.3 Å². The first-order valence-electron chi connectivity index (χ1n) is 37.8. The van der Waals surface area contributed by atoms with Crippen molar-refractivity contribution in [1.29, 1.82) is 0 Å². The van der Waals surface area contributed by atoms with Crippen molar-refractivity contribution < 1.29 is 96.9 Å². The van der Waals surface area contributed by atoms with Gasteiger partial charge in [0.2, 0.25) is 23.6 Å². The highest BCUT2D eigenvalue weighted by Gasteiger charge is 2.68. The molecule has 116 heavy (non-hydrogen) atoms. The van der Waals surface area contributed by atoms with Gasteiger partial charge in [0.05, 0.1) is 48.7 Å². The average Bonchev–Trinajstić information content (AvgIpc) is 1.57. The summed E-state index contributed by atoms with van der Waals surface area (Å²) in [5, 5.41) is 54.4. The molecule has 0 aliphatic carbocycles. The van der Waals surface area contributed by atoms with Crippen LogP contribution in [0.3, 0.4) is 0 Å². The molecule has 8 aromatic carbocycles. The van der Waals surface area contributed by atoms with Crippen LogP contribution in [0, 0.1) is 0 Å². The molecule has 28 nitrogen and oxygen atoms in total. The molecule has 0 saturated carbocycles. The number of aliphatic carboxylic acids is 4. The van der Waals surface area contributed by atoms with Crippen LogP contribution in [0.1, 0.15) is 125 Å². The van der Waals surface area contributed by atoms with Crippen molar-refractivity contribution in [3.8, 4) is 23.0 Å². The Morgan fingerprint density at radius 2 is 0.491 bits per heavy atom. The smallest absolute Gasteiger partial charge is 0.327 e. The first-order valence-corrected chi connectivity index (χ1v) is 41.3. The number of hydrogen-bond acceptors (Lipinski definition) is 20. The van der Waals surface area contributed by atoms with Crippen molar-refractivity contribution >= 4 is 161 Å². The molecule has 8 aromatic rings. The van der Waals surface area contributed by atoms with Crippen LogP contribution in [0.5, 0.6) is 23.0 Å². The lowest BCUT2D eigenvalue weighted by Crippen LogP contribution is -2.70. The Morgan fingerprint density at radius 3 is 0.664 bits per heavy atom. The lowest BCUT2D eigenvalue weighted by atomic mass is 9.95. The van der Waals surface area contributed by atoms with E-state index in [1.54, 1.807) is 79.7 Å². The normalized spacial score (nSPS) is 24.7. The van der Waals surface area contributed by atoms with Gasteiger partial charge in [-0.1, -0.05) is 121 Å². The number of carboxylic acids is 4. The topological polar surface area (TPSA) is 384 Å². The quantitative estimate of drug-likeness (QED) is 0.0329. The van der Waals surface area contributed by atoms with E-state index in [4.69, 9.17) is 18.9 Å². The van der Waals surface area contributed by atoms with Crippen LogP contribution in [0.15, 0.2) is 146 Å². The molecule has 0 bridgehead atoms. The molecule has 8 fully saturated rings. The van der Waals surface area contributed by atoms with E-state index in [0.29, 0.717) is 71.7 Å². The molecule has 8 amide bonds. The first-order chi connectivity index (χ1) is 55.0. The van der Waals surface area contributed by atoms with Crippen molar-refractivity contribution in [2.75, 3.05) is 26.4 Å². The zero-order valence-corrected chi connectivity index (χ0v) is 68.6.